The summed E-state index contributed by atoms with van der Waals surface area (Å²) in [7, 11) is 0. The van der Waals surface area contributed by atoms with Crippen LogP contribution in [0.3, 0.4) is 0 Å². The van der Waals surface area contributed by atoms with Crippen molar-refractivity contribution in [1.29, 1.82) is 0 Å². The van der Waals surface area contributed by atoms with E-state index in [0.29, 0.717) is 25.9 Å². The first-order chi connectivity index (χ1) is 17.1. The van der Waals surface area contributed by atoms with Gasteiger partial charge in [-0.3, -0.25) is 0 Å². The molecule has 188 valence electrons. The van der Waals surface area contributed by atoms with Gasteiger partial charge in [0, 0.05) is 25.3 Å². The van der Waals surface area contributed by atoms with Crippen molar-refractivity contribution in [3.63, 3.8) is 0 Å². The van der Waals surface area contributed by atoms with Crippen molar-refractivity contribution in [2.45, 2.75) is 25.1 Å². The minimum absolute atomic E-state index is 0.00891. The number of alkyl halides is 3. The summed E-state index contributed by atoms with van der Waals surface area (Å²) in [6.45, 7) is 0.584. The molecule has 0 bridgehead atoms. The maximum Gasteiger partial charge on any atom is 0.471 e. The highest BCUT2D eigenvalue weighted by molar-refractivity contribution is 5.91. The van der Waals surface area contributed by atoms with Crippen LogP contribution in [0.25, 0.3) is 11.0 Å². The molecular formula is C21H16F5N7O3. The average molecular weight is 509 g/mol. The number of benzene rings is 1. The van der Waals surface area contributed by atoms with Gasteiger partial charge in [-0.05, 0) is 36.2 Å². The van der Waals surface area contributed by atoms with Crippen molar-refractivity contribution in [3.05, 3.63) is 53.8 Å². The number of carbonyl (C=O) groups is 1. The van der Waals surface area contributed by atoms with Crippen LogP contribution in [0.15, 0.2) is 35.2 Å². The molecule has 1 saturated heterocycles. The molecule has 0 unspecified atom stereocenters. The van der Waals surface area contributed by atoms with Crippen LogP contribution in [-0.4, -0.2) is 48.8 Å². The molecule has 0 aliphatic carbocycles. The Morgan fingerprint density at radius 1 is 1.14 bits per heavy atom. The van der Waals surface area contributed by atoms with Crippen LogP contribution < -0.4 is 10.2 Å². The second-order valence-electron chi connectivity index (χ2n) is 8.05. The van der Waals surface area contributed by atoms with E-state index in [0.717, 1.165) is 6.07 Å². The van der Waals surface area contributed by atoms with Crippen LogP contribution in [0.4, 0.5) is 39.4 Å². The van der Waals surface area contributed by atoms with Crippen LogP contribution in [-0.2, 0) is 6.18 Å². The van der Waals surface area contributed by atoms with Gasteiger partial charge in [0.1, 0.15) is 23.6 Å². The van der Waals surface area contributed by atoms with Gasteiger partial charge < -0.3 is 24.4 Å². The van der Waals surface area contributed by atoms with Gasteiger partial charge in [-0.2, -0.15) is 18.2 Å². The van der Waals surface area contributed by atoms with Gasteiger partial charge in [-0.25, -0.2) is 23.5 Å². The number of carboxylic acid groups (broad SMARTS) is 1. The van der Waals surface area contributed by atoms with Crippen LogP contribution in [0, 0.1) is 11.6 Å². The van der Waals surface area contributed by atoms with E-state index in [1.165, 1.54) is 24.7 Å². The van der Waals surface area contributed by atoms with Gasteiger partial charge in [0.2, 0.25) is 0 Å². The molecule has 2 N–H and O–H groups in total. The van der Waals surface area contributed by atoms with E-state index in [9.17, 15) is 26.7 Å². The number of nitrogens with zero attached hydrogens (tertiary/aromatic N) is 6. The quantitative estimate of drug-likeness (QED) is 0.377. The fraction of sp³-hybridized carbons (Fsp3) is 0.286. The summed E-state index contributed by atoms with van der Waals surface area (Å²) >= 11 is 0. The van der Waals surface area contributed by atoms with E-state index in [2.05, 4.69) is 29.9 Å². The van der Waals surface area contributed by atoms with Gasteiger partial charge in [-0.1, -0.05) is 0 Å². The molecule has 36 heavy (non-hydrogen) atoms. The van der Waals surface area contributed by atoms with Crippen molar-refractivity contribution in [2.24, 2.45) is 0 Å². The third-order valence-electron chi connectivity index (χ3n) is 5.83. The predicted octanol–water partition coefficient (Wildman–Crippen LogP) is 4.39. The minimum Gasteiger partial charge on any atom is -0.478 e. The molecule has 5 rings (SSSR count). The van der Waals surface area contributed by atoms with Crippen molar-refractivity contribution < 1.29 is 36.4 Å². The predicted molar refractivity (Wildman–Crippen MR) is 114 cm³/mol. The van der Waals surface area contributed by atoms with E-state index < -0.39 is 29.7 Å². The number of anilines is 3. The zero-order valence-electron chi connectivity index (χ0n) is 18.1. The summed E-state index contributed by atoms with van der Waals surface area (Å²) in [6.07, 6.45) is -1.46. The van der Waals surface area contributed by atoms with Gasteiger partial charge in [0.25, 0.3) is 5.95 Å². The number of aromatic carboxylic acids is 1. The first-order valence-corrected chi connectivity index (χ1v) is 10.6. The lowest BCUT2D eigenvalue weighted by atomic mass is 10.1. The summed E-state index contributed by atoms with van der Waals surface area (Å²) in [5.41, 5.74) is -0.103. The molecule has 10 nitrogen and oxygen atoms in total. The molecule has 0 atom stereocenters. The molecule has 1 aliphatic rings. The Hall–Kier alpha value is -4.30. The number of piperidine rings is 1. The van der Waals surface area contributed by atoms with Gasteiger partial charge in [-0.15, -0.1) is 0 Å². The monoisotopic (exact) mass is 509 g/mol. The van der Waals surface area contributed by atoms with Crippen LogP contribution >= 0.6 is 0 Å². The molecule has 0 radical (unpaired) electrons. The van der Waals surface area contributed by atoms with E-state index >= 15 is 0 Å². The number of carboxylic acids is 1. The molecule has 1 aliphatic heterocycles. The fourth-order valence-electron chi connectivity index (χ4n) is 4.09. The third-order valence-corrected chi connectivity index (χ3v) is 5.83. The summed E-state index contributed by atoms with van der Waals surface area (Å²) in [5, 5.41) is 15.1. The standard InChI is InChI=1S/C21H16F5N7O3/c22-12-7-10(18(34)35)1-2-14(12)29-16-15-13(23)8-33(17(15)28-9-27-16)11-3-5-32(6-4-11)20-30-19(36-31-20)21(24,25)26/h1-2,7-9,11H,3-6H2,(H,34,35)(H,27,28,29). The number of nitrogens with one attached hydrogen (secondary N) is 1. The Morgan fingerprint density at radius 2 is 1.89 bits per heavy atom. The van der Waals surface area contributed by atoms with Crippen LogP contribution in [0.2, 0.25) is 0 Å². The fourth-order valence-corrected chi connectivity index (χ4v) is 4.09. The normalized spacial score (nSPS) is 15.0. The lowest BCUT2D eigenvalue weighted by molar-refractivity contribution is -0.159. The largest absolute Gasteiger partial charge is 0.478 e. The van der Waals surface area contributed by atoms with Gasteiger partial charge >= 0.3 is 18.0 Å². The number of hydrogen-bond donors (Lipinski definition) is 2. The SMILES string of the molecule is O=C(O)c1ccc(Nc2ncnc3c2c(F)cn3C2CCN(c3noc(C(F)(F)F)n3)CC2)c(F)c1. The van der Waals surface area contributed by atoms with Crippen molar-refractivity contribution in [2.75, 3.05) is 23.3 Å². The summed E-state index contributed by atoms with van der Waals surface area (Å²) in [4.78, 5) is 24.1. The second kappa shape index (κ2) is 8.73. The first-order valence-electron chi connectivity index (χ1n) is 10.6. The Kier molecular flexibility index (Phi) is 5.68. The molecule has 1 fully saturated rings. The zero-order valence-corrected chi connectivity index (χ0v) is 18.1. The van der Waals surface area contributed by atoms with E-state index in [-0.39, 0.29) is 40.1 Å². The topological polar surface area (TPSA) is 122 Å². The lowest BCUT2D eigenvalue weighted by Gasteiger charge is -2.31. The minimum atomic E-state index is -4.74. The van der Waals surface area contributed by atoms with Crippen LogP contribution in [0.5, 0.6) is 0 Å². The number of fused-ring (bicyclic) bond motifs is 1. The Balaban J connectivity index is 1.36. The second-order valence-corrected chi connectivity index (χ2v) is 8.05. The van der Waals surface area contributed by atoms with Gasteiger partial charge in [0.15, 0.2) is 5.82 Å². The molecule has 1 aromatic carbocycles. The van der Waals surface area contributed by atoms with Gasteiger partial charge in [0.05, 0.1) is 16.6 Å². The first kappa shape index (κ1) is 23.4. The van der Waals surface area contributed by atoms with Crippen LogP contribution in [0.1, 0.15) is 35.1 Å². The highest BCUT2D eigenvalue weighted by Crippen LogP contribution is 2.34. The zero-order chi connectivity index (χ0) is 25.6. The molecule has 0 amide bonds. The molecular weight excluding hydrogens is 493 g/mol. The van der Waals surface area contributed by atoms with E-state index in [4.69, 9.17) is 5.11 Å². The summed E-state index contributed by atoms with van der Waals surface area (Å²) in [5.74, 6) is -4.42. The molecule has 3 aromatic heterocycles. The van der Waals surface area contributed by atoms with Crippen molar-refractivity contribution >= 4 is 34.5 Å². The summed E-state index contributed by atoms with van der Waals surface area (Å²) in [6, 6.07) is 3.00. The van der Waals surface area contributed by atoms with E-state index in [1.807, 2.05) is 0 Å². The molecule has 4 heterocycles. The summed E-state index contributed by atoms with van der Waals surface area (Å²) < 4.78 is 73.5. The number of halogens is 5. The molecule has 15 heteroatoms. The number of aromatic nitrogens is 5. The van der Waals surface area contributed by atoms with Crippen molar-refractivity contribution in [1.82, 2.24) is 24.7 Å². The highest BCUT2D eigenvalue weighted by atomic mass is 19.4. The number of hydrogen-bond acceptors (Lipinski definition) is 8. The van der Waals surface area contributed by atoms with E-state index in [1.54, 1.807) is 9.47 Å². The Morgan fingerprint density at radius 3 is 2.53 bits per heavy atom. The number of rotatable bonds is 5. The third kappa shape index (κ3) is 4.27. The smallest absolute Gasteiger partial charge is 0.471 e. The lowest BCUT2D eigenvalue weighted by Crippen LogP contribution is -2.35. The van der Waals surface area contributed by atoms with Crippen molar-refractivity contribution in [3.8, 4) is 0 Å². The Labute approximate surface area is 198 Å². The molecule has 0 spiro atoms. The Bertz CT molecular complexity index is 1440. The molecule has 4 aromatic rings. The highest BCUT2D eigenvalue weighted by Gasteiger charge is 2.39. The average Bonchev–Trinajstić information content (AvgIpc) is 3.46. The molecule has 0 saturated carbocycles. The maximum atomic E-state index is 15.0. The maximum absolute atomic E-state index is 15.0.